The molecule has 112 valence electrons. The second kappa shape index (κ2) is 7.25. The van der Waals surface area contributed by atoms with Gasteiger partial charge in [-0.3, -0.25) is 0 Å². The van der Waals surface area contributed by atoms with Crippen molar-refractivity contribution in [1.82, 2.24) is 5.32 Å². The molecule has 0 spiro atoms. The highest BCUT2D eigenvalue weighted by Crippen LogP contribution is 2.28. The first-order valence-electron chi connectivity index (χ1n) is 7.22. The average Bonchev–Trinajstić information content (AvgIpc) is 2.53. The number of nitrogens with one attached hydrogen (secondary N) is 1. The number of hydrogen-bond acceptors (Lipinski definition) is 3. The summed E-state index contributed by atoms with van der Waals surface area (Å²) in [6, 6.07) is 16.2. The molecular formula is C18H23NO2. The average molecular weight is 285 g/mol. The monoisotopic (exact) mass is 285 g/mol. The normalized spacial score (nSPS) is 13.7. The molecule has 0 bridgehead atoms. The molecule has 21 heavy (non-hydrogen) atoms. The van der Waals surface area contributed by atoms with Crippen molar-refractivity contribution in [3.05, 3.63) is 65.2 Å². The molecule has 2 atom stereocenters. The molecule has 0 heterocycles. The van der Waals surface area contributed by atoms with Crippen LogP contribution in [0.3, 0.4) is 0 Å². The fourth-order valence-electron chi connectivity index (χ4n) is 2.51. The zero-order valence-electron chi connectivity index (χ0n) is 12.8. The van der Waals surface area contributed by atoms with Crippen LogP contribution in [0.2, 0.25) is 0 Å². The largest absolute Gasteiger partial charge is 0.496 e. The maximum Gasteiger partial charge on any atom is 0.123 e. The van der Waals surface area contributed by atoms with E-state index in [1.807, 2.05) is 43.3 Å². The van der Waals surface area contributed by atoms with Gasteiger partial charge in [0, 0.05) is 11.6 Å². The van der Waals surface area contributed by atoms with Gasteiger partial charge in [-0.1, -0.05) is 42.5 Å². The third-order valence-corrected chi connectivity index (χ3v) is 3.69. The van der Waals surface area contributed by atoms with Gasteiger partial charge in [-0.25, -0.2) is 0 Å². The summed E-state index contributed by atoms with van der Waals surface area (Å²) in [7, 11) is 1.69. The van der Waals surface area contributed by atoms with Crippen LogP contribution in [0, 0.1) is 6.92 Å². The van der Waals surface area contributed by atoms with E-state index in [0.29, 0.717) is 0 Å². The Balaban J connectivity index is 2.18. The van der Waals surface area contributed by atoms with Crippen LogP contribution in [0.5, 0.6) is 5.75 Å². The summed E-state index contributed by atoms with van der Waals surface area (Å²) in [5.74, 6) is 0.875. The minimum atomic E-state index is -0.0905. The van der Waals surface area contributed by atoms with E-state index in [9.17, 15) is 5.11 Å². The fraction of sp³-hybridized carbons (Fsp3) is 0.333. The first kappa shape index (κ1) is 15.5. The Morgan fingerprint density at radius 2 is 1.86 bits per heavy atom. The van der Waals surface area contributed by atoms with Gasteiger partial charge in [-0.05, 0) is 31.0 Å². The standard InChI is InChI=1S/C18H23NO2/c1-13-9-10-16(18(11-13)21-3)14(2)19-17(12-20)15-7-5-4-6-8-15/h4-11,14,17,19-20H,12H2,1-3H3/t14?,17-/m1/s1. The first-order chi connectivity index (χ1) is 10.2. The van der Waals surface area contributed by atoms with Crippen molar-refractivity contribution in [2.24, 2.45) is 0 Å². The van der Waals surface area contributed by atoms with Gasteiger partial charge < -0.3 is 15.2 Å². The van der Waals surface area contributed by atoms with E-state index in [4.69, 9.17) is 4.74 Å². The van der Waals surface area contributed by atoms with Crippen LogP contribution in [0.25, 0.3) is 0 Å². The lowest BCUT2D eigenvalue weighted by atomic mass is 10.0. The number of ether oxygens (including phenoxy) is 1. The van der Waals surface area contributed by atoms with Gasteiger partial charge in [-0.15, -0.1) is 0 Å². The molecule has 0 amide bonds. The molecule has 0 saturated carbocycles. The Labute approximate surface area is 126 Å². The van der Waals surface area contributed by atoms with E-state index < -0.39 is 0 Å². The molecule has 2 rings (SSSR count). The number of aryl methyl sites for hydroxylation is 1. The highest BCUT2D eigenvalue weighted by molar-refractivity contribution is 5.39. The lowest BCUT2D eigenvalue weighted by molar-refractivity contribution is 0.234. The van der Waals surface area contributed by atoms with Crippen molar-refractivity contribution in [3.8, 4) is 5.75 Å². The van der Waals surface area contributed by atoms with Crippen molar-refractivity contribution in [2.75, 3.05) is 13.7 Å². The van der Waals surface area contributed by atoms with Gasteiger partial charge in [0.05, 0.1) is 19.8 Å². The van der Waals surface area contributed by atoms with Crippen LogP contribution in [0.15, 0.2) is 48.5 Å². The Morgan fingerprint density at radius 3 is 2.48 bits per heavy atom. The van der Waals surface area contributed by atoms with Crippen molar-refractivity contribution in [3.63, 3.8) is 0 Å². The summed E-state index contributed by atoms with van der Waals surface area (Å²) in [4.78, 5) is 0. The maximum atomic E-state index is 9.65. The van der Waals surface area contributed by atoms with Crippen LogP contribution in [0.1, 0.15) is 35.7 Å². The second-order valence-electron chi connectivity index (χ2n) is 5.28. The Hall–Kier alpha value is -1.84. The SMILES string of the molecule is COc1cc(C)ccc1C(C)N[C@H](CO)c1ccccc1. The molecule has 2 N–H and O–H groups in total. The van der Waals surface area contributed by atoms with E-state index in [1.165, 1.54) is 5.56 Å². The third-order valence-electron chi connectivity index (χ3n) is 3.69. The van der Waals surface area contributed by atoms with Crippen molar-refractivity contribution < 1.29 is 9.84 Å². The summed E-state index contributed by atoms with van der Waals surface area (Å²) < 4.78 is 5.47. The van der Waals surface area contributed by atoms with E-state index in [0.717, 1.165) is 16.9 Å². The van der Waals surface area contributed by atoms with Gasteiger partial charge in [0.25, 0.3) is 0 Å². The number of methoxy groups -OCH3 is 1. The number of aliphatic hydroxyl groups excluding tert-OH is 1. The van der Waals surface area contributed by atoms with E-state index in [-0.39, 0.29) is 18.7 Å². The highest BCUT2D eigenvalue weighted by Gasteiger charge is 2.17. The molecule has 0 fully saturated rings. The third kappa shape index (κ3) is 3.84. The van der Waals surface area contributed by atoms with Crippen molar-refractivity contribution >= 4 is 0 Å². The minimum Gasteiger partial charge on any atom is -0.496 e. The van der Waals surface area contributed by atoms with E-state index >= 15 is 0 Å². The van der Waals surface area contributed by atoms with Gasteiger partial charge >= 0.3 is 0 Å². The number of aliphatic hydroxyl groups is 1. The minimum absolute atomic E-state index is 0.0581. The molecule has 2 aromatic carbocycles. The molecular weight excluding hydrogens is 262 g/mol. The number of rotatable bonds is 6. The molecule has 0 aromatic heterocycles. The molecule has 0 saturated heterocycles. The van der Waals surface area contributed by atoms with Gasteiger partial charge in [0.15, 0.2) is 0 Å². The topological polar surface area (TPSA) is 41.5 Å². The van der Waals surface area contributed by atoms with Crippen LogP contribution >= 0.6 is 0 Å². The fourth-order valence-corrected chi connectivity index (χ4v) is 2.51. The summed E-state index contributed by atoms with van der Waals surface area (Å²) in [5.41, 5.74) is 3.35. The molecule has 0 aliphatic carbocycles. The number of benzene rings is 2. The summed E-state index contributed by atoms with van der Waals surface area (Å²) >= 11 is 0. The lowest BCUT2D eigenvalue weighted by Crippen LogP contribution is -2.27. The number of hydrogen-bond donors (Lipinski definition) is 2. The van der Waals surface area contributed by atoms with Crippen LogP contribution < -0.4 is 10.1 Å². The first-order valence-corrected chi connectivity index (χ1v) is 7.22. The molecule has 3 heteroatoms. The van der Waals surface area contributed by atoms with Gasteiger partial charge in [0.1, 0.15) is 5.75 Å². The predicted molar refractivity (Wildman–Crippen MR) is 85.6 cm³/mol. The Bertz CT molecular complexity index is 569. The Morgan fingerprint density at radius 1 is 1.14 bits per heavy atom. The van der Waals surface area contributed by atoms with Crippen molar-refractivity contribution in [1.29, 1.82) is 0 Å². The second-order valence-corrected chi connectivity index (χ2v) is 5.28. The molecule has 0 aliphatic heterocycles. The van der Waals surface area contributed by atoms with E-state index in [2.05, 4.69) is 24.4 Å². The summed E-state index contributed by atoms with van der Waals surface area (Å²) in [6.07, 6.45) is 0. The van der Waals surface area contributed by atoms with E-state index in [1.54, 1.807) is 7.11 Å². The molecule has 2 aromatic rings. The summed E-state index contributed by atoms with van der Waals surface area (Å²) in [6.45, 7) is 4.19. The lowest BCUT2D eigenvalue weighted by Gasteiger charge is -2.24. The zero-order valence-corrected chi connectivity index (χ0v) is 12.8. The van der Waals surface area contributed by atoms with Gasteiger partial charge in [0.2, 0.25) is 0 Å². The molecule has 3 nitrogen and oxygen atoms in total. The quantitative estimate of drug-likeness (QED) is 0.855. The zero-order chi connectivity index (χ0) is 15.2. The van der Waals surface area contributed by atoms with Crippen LogP contribution in [-0.2, 0) is 0 Å². The summed E-state index contributed by atoms with van der Waals surface area (Å²) in [5, 5.41) is 13.1. The smallest absolute Gasteiger partial charge is 0.123 e. The predicted octanol–water partition coefficient (Wildman–Crippen LogP) is 3.39. The Kier molecular flexibility index (Phi) is 5.37. The highest BCUT2D eigenvalue weighted by atomic mass is 16.5. The van der Waals surface area contributed by atoms with Crippen LogP contribution in [-0.4, -0.2) is 18.8 Å². The molecule has 1 unspecified atom stereocenters. The van der Waals surface area contributed by atoms with Crippen molar-refractivity contribution in [2.45, 2.75) is 25.9 Å². The van der Waals surface area contributed by atoms with Crippen LogP contribution in [0.4, 0.5) is 0 Å². The molecule has 0 aliphatic rings. The molecule has 0 radical (unpaired) electrons. The maximum absolute atomic E-state index is 9.65. The van der Waals surface area contributed by atoms with Gasteiger partial charge in [-0.2, -0.15) is 0 Å².